The van der Waals surface area contributed by atoms with Crippen LogP contribution >= 0.6 is 0 Å². The molecule has 0 aliphatic carbocycles. The topological polar surface area (TPSA) is 76.2 Å². The summed E-state index contributed by atoms with van der Waals surface area (Å²) in [6, 6.07) is 6.64. The van der Waals surface area contributed by atoms with Gasteiger partial charge in [0.2, 0.25) is 15.9 Å². The van der Waals surface area contributed by atoms with E-state index < -0.39 is 10.0 Å². The normalized spacial score (nSPS) is 25.1. The standard InChI is InChI=1S/C21H32N2O5S/c1-4-12-28-19-6-8-20(9-7-19)29(25,26)23-14-18-13-22(17(3)24)11-10-21(18,15-23)16-27-5-2/h6-9,18H,4-5,10-16H2,1-3H3/t18-,21+/m1/s1. The SMILES string of the molecule is CCCOc1ccc(S(=O)(=O)N2C[C@H]3CN(C(C)=O)CC[C@@]3(COCC)C2)cc1. The highest BCUT2D eigenvalue weighted by atomic mass is 32.2. The summed E-state index contributed by atoms with van der Waals surface area (Å²) >= 11 is 0. The Bertz CT molecular complexity index is 811. The number of nitrogens with zero attached hydrogens (tertiary/aromatic N) is 2. The third-order valence-corrected chi connectivity index (χ3v) is 7.90. The van der Waals surface area contributed by atoms with E-state index in [-0.39, 0.29) is 22.1 Å². The first-order chi connectivity index (χ1) is 13.8. The molecule has 1 amide bonds. The first-order valence-electron chi connectivity index (χ1n) is 10.4. The Labute approximate surface area is 174 Å². The molecule has 162 valence electrons. The lowest BCUT2D eigenvalue weighted by Gasteiger charge is -2.43. The van der Waals surface area contributed by atoms with E-state index in [1.165, 1.54) is 0 Å². The molecule has 1 aromatic rings. The molecule has 0 spiro atoms. The molecule has 2 fully saturated rings. The van der Waals surface area contributed by atoms with Crippen molar-refractivity contribution < 1.29 is 22.7 Å². The highest BCUT2D eigenvalue weighted by molar-refractivity contribution is 7.89. The van der Waals surface area contributed by atoms with Crippen molar-refractivity contribution in [2.24, 2.45) is 11.3 Å². The van der Waals surface area contributed by atoms with Crippen LogP contribution in [-0.2, 0) is 19.6 Å². The van der Waals surface area contributed by atoms with Gasteiger partial charge < -0.3 is 14.4 Å². The Hall–Kier alpha value is -1.64. The van der Waals surface area contributed by atoms with E-state index in [1.807, 2.05) is 18.7 Å². The van der Waals surface area contributed by atoms with Crippen LogP contribution in [0.15, 0.2) is 29.2 Å². The molecular formula is C21H32N2O5S. The van der Waals surface area contributed by atoms with Gasteiger partial charge in [0.1, 0.15) is 5.75 Å². The minimum Gasteiger partial charge on any atom is -0.494 e. The molecule has 0 unspecified atom stereocenters. The summed E-state index contributed by atoms with van der Waals surface area (Å²) in [5, 5.41) is 0. The molecule has 2 heterocycles. The zero-order chi connectivity index (χ0) is 21.1. The number of amides is 1. The molecule has 0 saturated carbocycles. The number of ether oxygens (including phenoxy) is 2. The van der Waals surface area contributed by atoms with Gasteiger partial charge in [0.15, 0.2) is 0 Å². The van der Waals surface area contributed by atoms with E-state index in [0.717, 1.165) is 12.8 Å². The predicted molar refractivity (Wildman–Crippen MR) is 110 cm³/mol. The lowest BCUT2D eigenvalue weighted by atomic mass is 9.73. The maximum Gasteiger partial charge on any atom is 0.243 e. The Balaban J connectivity index is 1.80. The highest BCUT2D eigenvalue weighted by Gasteiger charge is 2.52. The van der Waals surface area contributed by atoms with Gasteiger partial charge >= 0.3 is 0 Å². The molecule has 2 saturated heterocycles. The molecule has 0 bridgehead atoms. The molecule has 2 atom stereocenters. The van der Waals surface area contributed by atoms with Crippen LogP contribution in [0.1, 0.15) is 33.6 Å². The minimum absolute atomic E-state index is 0.0407. The summed E-state index contributed by atoms with van der Waals surface area (Å²) in [5.41, 5.74) is -0.237. The van der Waals surface area contributed by atoms with Gasteiger partial charge in [-0.25, -0.2) is 8.42 Å². The maximum atomic E-state index is 13.3. The lowest BCUT2D eigenvalue weighted by Crippen LogP contribution is -2.50. The molecule has 2 aliphatic rings. The van der Waals surface area contributed by atoms with Crippen LogP contribution in [0.4, 0.5) is 0 Å². The molecule has 0 N–H and O–H groups in total. The first-order valence-corrected chi connectivity index (χ1v) is 11.8. The third kappa shape index (κ3) is 4.59. The largest absolute Gasteiger partial charge is 0.494 e. The van der Waals surface area contributed by atoms with Gasteiger partial charge in [-0.05, 0) is 49.9 Å². The number of rotatable bonds is 8. The number of sulfonamides is 1. The molecule has 2 aliphatic heterocycles. The van der Waals surface area contributed by atoms with Crippen LogP contribution in [0.5, 0.6) is 5.75 Å². The number of piperidine rings is 1. The summed E-state index contributed by atoms with van der Waals surface area (Å²) in [6.45, 7) is 9.33. The van der Waals surface area contributed by atoms with E-state index in [0.29, 0.717) is 51.7 Å². The van der Waals surface area contributed by atoms with Crippen LogP contribution in [0.3, 0.4) is 0 Å². The third-order valence-electron chi connectivity index (χ3n) is 6.08. The number of likely N-dealkylation sites (tertiary alicyclic amines) is 1. The minimum atomic E-state index is -3.62. The quantitative estimate of drug-likeness (QED) is 0.640. The van der Waals surface area contributed by atoms with Crippen LogP contribution in [0, 0.1) is 11.3 Å². The second-order valence-corrected chi connectivity index (χ2v) is 9.97. The Morgan fingerprint density at radius 1 is 1.21 bits per heavy atom. The van der Waals surface area contributed by atoms with Crippen molar-refractivity contribution in [2.75, 3.05) is 46.0 Å². The summed E-state index contributed by atoms with van der Waals surface area (Å²) < 4.78 is 39.5. The number of hydrogen-bond acceptors (Lipinski definition) is 5. The van der Waals surface area contributed by atoms with Crippen LogP contribution in [-0.4, -0.2) is 69.5 Å². The van der Waals surface area contributed by atoms with E-state index in [9.17, 15) is 13.2 Å². The van der Waals surface area contributed by atoms with Crippen LogP contribution in [0.25, 0.3) is 0 Å². The maximum absolute atomic E-state index is 13.3. The highest BCUT2D eigenvalue weighted by Crippen LogP contribution is 2.45. The molecule has 0 radical (unpaired) electrons. The molecular weight excluding hydrogens is 392 g/mol. The van der Waals surface area contributed by atoms with Gasteiger partial charge in [-0.3, -0.25) is 4.79 Å². The van der Waals surface area contributed by atoms with E-state index >= 15 is 0 Å². The van der Waals surface area contributed by atoms with Gasteiger partial charge in [-0.2, -0.15) is 4.31 Å². The molecule has 3 rings (SSSR count). The second kappa shape index (κ2) is 9.02. The zero-order valence-corrected chi connectivity index (χ0v) is 18.4. The molecule has 29 heavy (non-hydrogen) atoms. The number of carbonyl (C=O) groups excluding carboxylic acids is 1. The van der Waals surface area contributed by atoms with Crippen LogP contribution in [0.2, 0.25) is 0 Å². The Morgan fingerprint density at radius 3 is 2.55 bits per heavy atom. The molecule has 8 heteroatoms. The van der Waals surface area contributed by atoms with Crippen molar-refractivity contribution >= 4 is 15.9 Å². The predicted octanol–water partition coefficient (Wildman–Crippen LogP) is 2.37. The summed E-state index contributed by atoms with van der Waals surface area (Å²) in [6.07, 6.45) is 1.65. The Kier molecular flexibility index (Phi) is 6.86. The fraction of sp³-hybridized carbons (Fsp3) is 0.667. The van der Waals surface area contributed by atoms with Crippen molar-refractivity contribution in [3.63, 3.8) is 0 Å². The molecule has 0 aromatic heterocycles. The van der Waals surface area contributed by atoms with Crippen molar-refractivity contribution in [1.29, 1.82) is 0 Å². The monoisotopic (exact) mass is 424 g/mol. The van der Waals surface area contributed by atoms with Gasteiger partial charge in [0.05, 0.1) is 18.1 Å². The second-order valence-electron chi connectivity index (χ2n) is 8.03. The average molecular weight is 425 g/mol. The van der Waals surface area contributed by atoms with Crippen molar-refractivity contribution in [3.8, 4) is 5.75 Å². The van der Waals surface area contributed by atoms with Gasteiger partial charge in [0.25, 0.3) is 0 Å². The number of hydrogen-bond donors (Lipinski definition) is 0. The van der Waals surface area contributed by atoms with E-state index in [2.05, 4.69) is 0 Å². The summed E-state index contributed by atoms with van der Waals surface area (Å²) in [4.78, 5) is 14.0. The first kappa shape index (κ1) is 22.1. The summed E-state index contributed by atoms with van der Waals surface area (Å²) in [5.74, 6) is 0.790. The van der Waals surface area contributed by atoms with Gasteiger partial charge in [-0.1, -0.05) is 6.92 Å². The van der Waals surface area contributed by atoms with Crippen molar-refractivity contribution in [3.05, 3.63) is 24.3 Å². The fourth-order valence-corrected chi connectivity index (χ4v) is 5.90. The van der Waals surface area contributed by atoms with E-state index in [1.54, 1.807) is 35.5 Å². The zero-order valence-electron chi connectivity index (χ0n) is 17.6. The number of carbonyl (C=O) groups is 1. The van der Waals surface area contributed by atoms with Crippen molar-refractivity contribution in [2.45, 2.75) is 38.5 Å². The van der Waals surface area contributed by atoms with Crippen LogP contribution < -0.4 is 4.74 Å². The Morgan fingerprint density at radius 2 is 1.93 bits per heavy atom. The molecule has 1 aromatic carbocycles. The average Bonchev–Trinajstić information content (AvgIpc) is 3.10. The summed E-state index contributed by atoms with van der Waals surface area (Å²) in [7, 11) is -3.62. The van der Waals surface area contributed by atoms with Crippen molar-refractivity contribution in [1.82, 2.24) is 9.21 Å². The van der Waals surface area contributed by atoms with Gasteiger partial charge in [-0.15, -0.1) is 0 Å². The molecule has 7 nitrogen and oxygen atoms in total. The smallest absolute Gasteiger partial charge is 0.243 e. The number of fused-ring (bicyclic) bond motifs is 1. The van der Waals surface area contributed by atoms with Gasteiger partial charge in [0, 0.05) is 45.1 Å². The lowest BCUT2D eigenvalue weighted by molar-refractivity contribution is -0.133. The fourth-order valence-electron chi connectivity index (χ4n) is 4.32. The number of benzene rings is 1. The van der Waals surface area contributed by atoms with E-state index in [4.69, 9.17) is 9.47 Å².